The van der Waals surface area contributed by atoms with Gasteiger partial charge in [0.2, 0.25) is 5.91 Å². The number of carbonyl (C=O) groups is 2. The van der Waals surface area contributed by atoms with E-state index in [-0.39, 0.29) is 40.7 Å². The fourth-order valence-electron chi connectivity index (χ4n) is 3.54. The number of sulfone groups is 1. The van der Waals surface area contributed by atoms with E-state index in [4.69, 9.17) is 0 Å². The summed E-state index contributed by atoms with van der Waals surface area (Å²) in [6.45, 7) is 2.76. The average molecular weight is 402 g/mol. The van der Waals surface area contributed by atoms with Crippen LogP contribution in [0, 0.1) is 0 Å². The second-order valence-corrected chi connectivity index (χ2v) is 8.56. The van der Waals surface area contributed by atoms with Gasteiger partial charge in [-0.25, -0.2) is 8.42 Å². The van der Waals surface area contributed by atoms with Crippen molar-refractivity contribution < 1.29 is 18.0 Å². The topological polar surface area (TPSA) is 86.8 Å². The Morgan fingerprint density at radius 2 is 1.96 bits per heavy atom. The predicted octanol–water partition coefficient (Wildman–Crippen LogP) is 0.548. The maximum atomic E-state index is 12.9. The Morgan fingerprint density at radius 3 is 2.65 bits per heavy atom. The van der Waals surface area contributed by atoms with Crippen LogP contribution < -0.4 is 5.32 Å². The molecule has 0 radical (unpaired) electrons. The van der Waals surface area contributed by atoms with Crippen molar-refractivity contribution in [2.24, 2.45) is 0 Å². The van der Waals surface area contributed by atoms with Gasteiger partial charge >= 0.3 is 0 Å². The molecule has 2 heterocycles. The summed E-state index contributed by atoms with van der Waals surface area (Å²) in [6.07, 6.45) is 2.77. The first kappa shape index (κ1) is 20.7. The third-order valence-electron chi connectivity index (χ3n) is 4.77. The van der Waals surface area contributed by atoms with Crippen LogP contribution in [0.15, 0.2) is 29.2 Å². The first-order valence-electron chi connectivity index (χ1n) is 8.46. The fourth-order valence-corrected chi connectivity index (χ4v) is 4.42. The molecule has 2 fully saturated rings. The van der Waals surface area contributed by atoms with E-state index >= 15 is 0 Å². The van der Waals surface area contributed by atoms with E-state index in [0.29, 0.717) is 26.2 Å². The number of amides is 2. The van der Waals surface area contributed by atoms with E-state index in [2.05, 4.69) is 5.32 Å². The minimum atomic E-state index is -3.48. The van der Waals surface area contributed by atoms with Crippen LogP contribution in [0.2, 0.25) is 0 Å². The first-order valence-corrected chi connectivity index (χ1v) is 10.4. The molecule has 2 aliphatic heterocycles. The van der Waals surface area contributed by atoms with Crippen LogP contribution in [0.3, 0.4) is 0 Å². The number of nitrogens with zero attached hydrogens (tertiary/aromatic N) is 2. The highest BCUT2D eigenvalue weighted by atomic mass is 35.5. The molecule has 7 nitrogen and oxygen atoms in total. The zero-order valence-corrected chi connectivity index (χ0v) is 16.3. The third-order valence-corrected chi connectivity index (χ3v) is 5.92. The van der Waals surface area contributed by atoms with Crippen LogP contribution in [0.1, 0.15) is 23.2 Å². The fraction of sp³-hybridized carbons (Fsp3) is 0.529. The Kier molecular flexibility index (Phi) is 6.65. The van der Waals surface area contributed by atoms with Gasteiger partial charge in [0.15, 0.2) is 9.84 Å². The molecule has 2 amide bonds. The molecule has 1 atom stereocenters. The Bertz CT molecular complexity index is 784. The largest absolute Gasteiger partial charge is 0.337 e. The van der Waals surface area contributed by atoms with Gasteiger partial charge < -0.3 is 15.1 Å². The smallest absolute Gasteiger partial charge is 0.255 e. The molecule has 2 saturated heterocycles. The SMILES string of the molecule is CS(=O)(=O)c1ccccc1C(=O)N1CCCC(N2CCNCC2=O)C1.Cl. The maximum Gasteiger partial charge on any atom is 0.255 e. The lowest BCUT2D eigenvalue weighted by atomic mass is 10.0. The summed E-state index contributed by atoms with van der Waals surface area (Å²) in [5.41, 5.74) is 0.206. The zero-order chi connectivity index (χ0) is 18.0. The second kappa shape index (κ2) is 8.37. The molecular weight excluding hydrogens is 378 g/mol. The van der Waals surface area contributed by atoms with Crippen LogP contribution in [-0.2, 0) is 14.6 Å². The highest BCUT2D eigenvalue weighted by Gasteiger charge is 2.33. The van der Waals surface area contributed by atoms with Crippen molar-refractivity contribution in [1.82, 2.24) is 15.1 Å². The highest BCUT2D eigenvalue weighted by molar-refractivity contribution is 7.90. The number of hydrogen-bond donors (Lipinski definition) is 1. The van der Waals surface area contributed by atoms with Crippen LogP contribution in [-0.4, -0.2) is 75.1 Å². The van der Waals surface area contributed by atoms with Crippen LogP contribution in [0.5, 0.6) is 0 Å². The van der Waals surface area contributed by atoms with E-state index in [1.54, 1.807) is 23.1 Å². The van der Waals surface area contributed by atoms with Gasteiger partial charge in [0.25, 0.3) is 5.91 Å². The molecule has 144 valence electrons. The van der Waals surface area contributed by atoms with Crippen molar-refractivity contribution >= 4 is 34.1 Å². The van der Waals surface area contributed by atoms with Crippen LogP contribution >= 0.6 is 12.4 Å². The lowest BCUT2D eigenvalue weighted by Gasteiger charge is -2.41. The lowest BCUT2D eigenvalue weighted by molar-refractivity contribution is -0.135. The van der Waals surface area contributed by atoms with E-state index < -0.39 is 9.84 Å². The van der Waals surface area contributed by atoms with Crippen molar-refractivity contribution in [2.75, 3.05) is 39.0 Å². The molecule has 1 unspecified atom stereocenters. The summed E-state index contributed by atoms with van der Waals surface area (Å²) in [4.78, 5) is 28.6. The molecule has 26 heavy (non-hydrogen) atoms. The monoisotopic (exact) mass is 401 g/mol. The second-order valence-electron chi connectivity index (χ2n) is 6.58. The summed E-state index contributed by atoms with van der Waals surface area (Å²) in [5, 5.41) is 3.05. The molecule has 0 spiro atoms. The Labute approximate surface area is 160 Å². The van der Waals surface area contributed by atoms with Gasteiger partial charge in [-0.3, -0.25) is 9.59 Å². The minimum Gasteiger partial charge on any atom is -0.337 e. The van der Waals surface area contributed by atoms with Crippen molar-refractivity contribution in [1.29, 1.82) is 0 Å². The first-order chi connectivity index (χ1) is 11.9. The van der Waals surface area contributed by atoms with Gasteiger partial charge in [-0.05, 0) is 25.0 Å². The van der Waals surface area contributed by atoms with E-state index in [1.165, 1.54) is 6.07 Å². The molecule has 1 aromatic carbocycles. The van der Waals surface area contributed by atoms with Crippen molar-refractivity contribution in [2.45, 2.75) is 23.8 Å². The highest BCUT2D eigenvalue weighted by Crippen LogP contribution is 2.22. The van der Waals surface area contributed by atoms with Crippen molar-refractivity contribution in [3.8, 4) is 0 Å². The maximum absolute atomic E-state index is 12.9. The Balaban J connectivity index is 0.00000243. The molecule has 1 aromatic rings. The predicted molar refractivity (Wildman–Crippen MR) is 100 cm³/mol. The lowest BCUT2D eigenvalue weighted by Crippen LogP contribution is -2.57. The normalized spacial score (nSPS) is 21.3. The number of benzene rings is 1. The number of piperidine rings is 1. The molecule has 1 N–H and O–H groups in total. The number of likely N-dealkylation sites (tertiary alicyclic amines) is 1. The van der Waals surface area contributed by atoms with Crippen molar-refractivity contribution in [3.63, 3.8) is 0 Å². The van der Waals surface area contributed by atoms with E-state index in [1.807, 2.05) is 4.90 Å². The van der Waals surface area contributed by atoms with Crippen LogP contribution in [0.25, 0.3) is 0 Å². The number of piperazine rings is 1. The molecule has 0 bridgehead atoms. The Morgan fingerprint density at radius 1 is 1.23 bits per heavy atom. The van der Waals surface area contributed by atoms with E-state index in [9.17, 15) is 18.0 Å². The summed E-state index contributed by atoms with van der Waals surface area (Å²) in [6, 6.07) is 6.30. The number of carbonyl (C=O) groups excluding carboxylic acids is 2. The van der Waals surface area contributed by atoms with Gasteiger partial charge in [0.05, 0.1) is 17.0 Å². The van der Waals surface area contributed by atoms with Crippen LogP contribution in [0.4, 0.5) is 0 Å². The third kappa shape index (κ3) is 4.36. The molecule has 0 aliphatic carbocycles. The summed E-state index contributed by atoms with van der Waals surface area (Å²) in [7, 11) is -3.48. The molecule has 0 saturated carbocycles. The number of hydrogen-bond acceptors (Lipinski definition) is 5. The molecule has 3 rings (SSSR count). The molecule has 9 heteroatoms. The van der Waals surface area contributed by atoms with Gasteiger partial charge in [-0.1, -0.05) is 12.1 Å². The summed E-state index contributed by atoms with van der Waals surface area (Å²) >= 11 is 0. The molecule has 0 aromatic heterocycles. The van der Waals surface area contributed by atoms with Gasteiger partial charge in [0.1, 0.15) is 0 Å². The quantitative estimate of drug-likeness (QED) is 0.799. The molecular formula is C17H24ClN3O4S. The summed E-state index contributed by atoms with van der Waals surface area (Å²) in [5.74, 6) is -0.226. The van der Waals surface area contributed by atoms with Crippen molar-refractivity contribution in [3.05, 3.63) is 29.8 Å². The zero-order valence-electron chi connectivity index (χ0n) is 14.7. The van der Waals surface area contributed by atoms with Gasteiger partial charge in [-0.2, -0.15) is 0 Å². The average Bonchev–Trinajstić information content (AvgIpc) is 2.61. The standard InChI is InChI=1S/C17H23N3O4S.ClH/c1-25(23,24)15-7-3-2-6-14(15)17(22)19-9-4-5-13(12-19)20-10-8-18-11-16(20)21;/h2-3,6-7,13,18H,4-5,8-12H2,1H3;1H. The molecule has 2 aliphatic rings. The number of rotatable bonds is 3. The van der Waals surface area contributed by atoms with Gasteiger partial charge in [-0.15, -0.1) is 12.4 Å². The van der Waals surface area contributed by atoms with E-state index in [0.717, 1.165) is 25.6 Å². The minimum absolute atomic E-state index is 0. The van der Waals surface area contributed by atoms with Gasteiger partial charge in [0, 0.05) is 38.5 Å². The number of nitrogens with one attached hydrogen (secondary N) is 1. The number of halogens is 1. The summed E-state index contributed by atoms with van der Waals surface area (Å²) < 4.78 is 23.9. The Hall–Kier alpha value is -1.64.